The van der Waals surface area contributed by atoms with Crippen LogP contribution in [0.15, 0.2) is 23.3 Å². The second-order valence-electron chi connectivity index (χ2n) is 7.66. The van der Waals surface area contributed by atoms with Crippen LogP contribution >= 0.6 is 0 Å². The van der Waals surface area contributed by atoms with Crippen LogP contribution in [0.3, 0.4) is 0 Å². The molecule has 5 atom stereocenters. The molecule has 0 amide bonds. The highest BCUT2D eigenvalue weighted by molar-refractivity contribution is 5.91. The molecule has 1 N–H and O–H groups in total. The zero-order valence-electron chi connectivity index (χ0n) is 15.4. The molecule has 4 aliphatic rings. The number of fused-ring (bicyclic) bond motifs is 1. The molecule has 0 aromatic rings. The van der Waals surface area contributed by atoms with Crippen LogP contribution in [0.1, 0.15) is 19.3 Å². The second kappa shape index (κ2) is 5.90. The molecule has 7 nitrogen and oxygen atoms in total. The number of carbonyl (C=O) groups excluding carboxylic acids is 2. The summed E-state index contributed by atoms with van der Waals surface area (Å²) in [5.41, 5.74) is 0.443. The number of hydrogen-bond donors (Lipinski definition) is 1. The maximum absolute atomic E-state index is 12.8. The Labute approximate surface area is 152 Å². The molecule has 2 aliphatic heterocycles. The van der Waals surface area contributed by atoms with Gasteiger partial charge in [0.2, 0.25) is 0 Å². The standard InChI is InChI=1S/C19H25NO6/c1-24-14-9-19-11(6-13(14)21)4-5-20(19)10-12-8-18(12,17(23)26-3)15(19)7-16(22)25-2/h6-7,12-14,21H,4-5,8-10H2,1-3H3. The Balaban J connectivity index is 1.90. The van der Waals surface area contributed by atoms with E-state index in [0.29, 0.717) is 12.8 Å². The lowest BCUT2D eigenvalue weighted by atomic mass is 9.66. The Kier molecular flexibility index (Phi) is 4.02. The summed E-state index contributed by atoms with van der Waals surface area (Å²) >= 11 is 0. The van der Waals surface area contributed by atoms with Gasteiger partial charge in [-0.3, -0.25) is 9.69 Å². The molecule has 4 rings (SSSR count). The number of piperidine rings is 1. The number of nitrogens with zero attached hydrogens (tertiary/aromatic N) is 1. The third kappa shape index (κ3) is 2.11. The highest BCUT2D eigenvalue weighted by Gasteiger charge is 2.73. The molecule has 0 aromatic heterocycles. The summed E-state index contributed by atoms with van der Waals surface area (Å²) in [6.45, 7) is 1.61. The molecule has 1 spiro atoms. The Bertz CT molecular complexity index is 715. The summed E-state index contributed by atoms with van der Waals surface area (Å²) in [7, 11) is 4.30. The zero-order chi connectivity index (χ0) is 18.7. The van der Waals surface area contributed by atoms with E-state index in [1.165, 1.54) is 20.3 Å². The monoisotopic (exact) mass is 363 g/mol. The van der Waals surface area contributed by atoms with Crippen molar-refractivity contribution in [3.05, 3.63) is 23.3 Å². The van der Waals surface area contributed by atoms with Gasteiger partial charge in [-0.15, -0.1) is 0 Å². The van der Waals surface area contributed by atoms with Crippen molar-refractivity contribution in [2.75, 3.05) is 34.4 Å². The lowest BCUT2D eigenvalue weighted by Gasteiger charge is -2.51. The van der Waals surface area contributed by atoms with Gasteiger partial charge in [-0.1, -0.05) is 6.08 Å². The topological polar surface area (TPSA) is 85.3 Å². The first-order valence-corrected chi connectivity index (χ1v) is 9.00. The molecule has 0 radical (unpaired) electrons. The van der Waals surface area contributed by atoms with Crippen LogP contribution < -0.4 is 0 Å². The number of aliphatic hydroxyl groups excluding tert-OH is 1. The molecule has 142 valence electrons. The van der Waals surface area contributed by atoms with Gasteiger partial charge in [-0.25, -0.2) is 4.79 Å². The molecule has 26 heavy (non-hydrogen) atoms. The van der Waals surface area contributed by atoms with Crippen LogP contribution in [-0.4, -0.2) is 74.1 Å². The van der Waals surface area contributed by atoms with Gasteiger partial charge in [-0.05, 0) is 29.9 Å². The van der Waals surface area contributed by atoms with Crippen LogP contribution in [0.5, 0.6) is 0 Å². The fourth-order valence-electron chi connectivity index (χ4n) is 5.47. The van der Waals surface area contributed by atoms with Gasteiger partial charge < -0.3 is 19.3 Å². The Morgan fingerprint density at radius 2 is 2.04 bits per heavy atom. The van der Waals surface area contributed by atoms with Crippen molar-refractivity contribution in [2.24, 2.45) is 11.3 Å². The minimum Gasteiger partial charge on any atom is -0.468 e. The molecule has 0 bridgehead atoms. The third-order valence-electron chi connectivity index (χ3n) is 6.76. The van der Waals surface area contributed by atoms with Gasteiger partial charge in [0.25, 0.3) is 0 Å². The average Bonchev–Trinajstić information content (AvgIpc) is 3.27. The molecule has 2 saturated heterocycles. The Morgan fingerprint density at radius 1 is 1.27 bits per heavy atom. The highest BCUT2D eigenvalue weighted by Crippen LogP contribution is 2.69. The van der Waals surface area contributed by atoms with Crippen LogP contribution in [0.2, 0.25) is 0 Å². The molecular weight excluding hydrogens is 338 g/mol. The van der Waals surface area contributed by atoms with E-state index < -0.39 is 29.1 Å². The lowest BCUT2D eigenvalue weighted by Crippen LogP contribution is -2.59. The van der Waals surface area contributed by atoms with E-state index in [2.05, 4.69) is 4.90 Å². The van der Waals surface area contributed by atoms with E-state index >= 15 is 0 Å². The van der Waals surface area contributed by atoms with Gasteiger partial charge in [-0.2, -0.15) is 0 Å². The number of carbonyl (C=O) groups is 2. The van der Waals surface area contributed by atoms with E-state index in [4.69, 9.17) is 14.2 Å². The second-order valence-corrected chi connectivity index (χ2v) is 7.66. The van der Waals surface area contributed by atoms with Crippen molar-refractivity contribution >= 4 is 11.9 Å². The minimum atomic E-state index is -0.774. The summed E-state index contributed by atoms with van der Waals surface area (Å²) in [5.74, 6) is -0.627. The summed E-state index contributed by atoms with van der Waals surface area (Å²) in [4.78, 5) is 27.3. The van der Waals surface area contributed by atoms with E-state index in [1.807, 2.05) is 6.08 Å². The molecule has 7 heteroatoms. The average molecular weight is 363 g/mol. The van der Waals surface area contributed by atoms with Gasteiger partial charge >= 0.3 is 11.9 Å². The van der Waals surface area contributed by atoms with Crippen molar-refractivity contribution in [2.45, 2.75) is 37.0 Å². The van der Waals surface area contributed by atoms with E-state index in [9.17, 15) is 14.7 Å². The van der Waals surface area contributed by atoms with E-state index in [1.54, 1.807) is 7.11 Å². The fraction of sp³-hybridized carbons (Fsp3) is 0.684. The van der Waals surface area contributed by atoms with Crippen LogP contribution in [0.25, 0.3) is 0 Å². The van der Waals surface area contributed by atoms with Crippen molar-refractivity contribution in [3.63, 3.8) is 0 Å². The number of rotatable bonds is 3. The number of hydrogen-bond acceptors (Lipinski definition) is 7. The molecule has 5 unspecified atom stereocenters. The van der Waals surface area contributed by atoms with Crippen molar-refractivity contribution in [3.8, 4) is 0 Å². The largest absolute Gasteiger partial charge is 0.468 e. The number of aliphatic hydroxyl groups is 1. The first-order chi connectivity index (χ1) is 12.4. The van der Waals surface area contributed by atoms with Crippen LogP contribution in [-0.2, 0) is 23.8 Å². The third-order valence-corrected chi connectivity index (χ3v) is 6.76. The first kappa shape index (κ1) is 17.7. The maximum atomic E-state index is 12.8. The number of esters is 2. The van der Waals surface area contributed by atoms with Crippen molar-refractivity contribution < 1.29 is 28.9 Å². The van der Waals surface area contributed by atoms with Crippen LogP contribution in [0.4, 0.5) is 0 Å². The van der Waals surface area contributed by atoms with Gasteiger partial charge in [0.15, 0.2) is 0 Å². The Hall–Kier alpha value is -1.70. The maximum Gasteiger partial charge on any atom is 0.330 e. The zero-order valence-corrected chi connectivity index (χ0v) is 15.4. The SMILES string of the molecule is COC(=O)C=C1C2(C(=O)OC)CC2CN2CCC3=CC(O)C(OC)CC312. The summed E-state index contributed by atoms with van der Waals surface area (Å²) < 4.78 is 15.5. The van der Waals surface area contributed by atoms with Gasteiger partial charge in [0, 0.05) is 32.7 Å². The molecule has 0 aromatic carbocycles. The lowest BCUT2D eigenvalue weighted by molar-refractivity contribution is -0.148. The quantitative estimate of drug-likeness (QED) is 0.442. The predicted molar refractivity (Wildman–Crippen MR) is 91.1 cm³/mol. The van der Waals surface area contributed by atoms with Crippen molar-refractivity contribution in [1.29, 1.82) is 0 Å². The summed E-state index contributed by atoms with van der Waals surface area (Å²) in [6.07, 6.45) is 4.22. The van der Waals surface area contributed by atoms with Crippen LogP contribution in [0, 0.1) is 11.3 Å². The number of ether oxygens (including phenoxy) is 3. The van der Waals surface area contributed by atoms with Gasteiger partial charge in [0.05, 0.1) is 37.4 Å². The summed E-state index contributed by atoms with van der Waals surface area (Å²) in [6, 6.07) is 0. The number of methoxy groups -OCH3 is 3. The molecule has 2 aliphatic carbocycles. The van der Waals surface area contributed by atoms with E-state index in [0.717, 1.165) is 30.7 Å². The molecule has 1 saturated carbocycles. The fourth-order valence-corrected chi connectivity index (χ4v) is 5.47. The predicted octanol–water partition coefficient (Wildman–Crippen LogP) is 0.429. The van der Waals surface area contributed by atoms with E-state index in [-0.39, 0.29) is 11.9 Å². The smallest absolute Gasteiger partial charge is 0.330 e. The van der Waals surface area contributed by atoms with Crippen molar-refractivity contribution in [1.82, 2.24) is 4.90 Å². The highest BCUT2D eigenvalue weighted by atomic mass is 16.5. The molecule has 3 fully saturated rings. The minimum absolute atomic E-state index is 0.142. The molecular formula is C19H25NO6. The summed E-state index contributed by atoms with van der Waals surface area (Å²) in [5, 5.41) is 10.4. The Morgan fingerprint density at radius 3 is 2.69 bits per heavy atom. The molecule has 2 heterocycles. The first-order valence-electron chi connectivity index (χ1n) is 9.00. The normalized spacial score (nSPS) is 42.4. The van der Waals surface area contributed by atoms with Gasteiger partial charge in [0.1, 0.15) is 0 Å².